The van der Waals surface area contributed by atoms with Gasteiger partial charge in [0.15, 0.2) is 0 Å². The fourth-order valence-corrected chi connectivity index (χ4v) is 1.90. The molecule has 0 fully saturated rings. The maximum atomic E-state index is 11.8. The van der Waals surface area contributed by atoms with Crippen molar-refractivity contribution in [2.24, 2.45) is 0 Å². The summed E-state index contributed by atoms with van der Waals surface area (Å²) in [4.78, 5) is 15.1. The van der Waals surface area contributed by atoms with Gasteiger partial charge in [0.1, 0.15) is 0 Å². The molecular weight excluding hydrogens is 226 g/mol. The summed E-state index contributed by atoms with van der Waals surface area (Å²) in [5.41, 5.74) is 2.68. The highest BCUT2D eigenvalue weighted by atomic mass is 16.2. The molecule has 0 saturated heterocycles. The van der Waals surface area contributed by atoms with Crippen LogP contribution in [0.3, 0.4) is 0 Å². The van der Waals surface area contributed by atoms with Gasteiger partial charge in [0.2, 0.25) is 0 Å². The zero-order chi connectivity index (χ0) is 13.3. The fraction of sp³-hybridized carbons (Fsp3) is 0.357. The number of nitrogens with one attached hydrogen (secondary N) is 3. The molecule has 0 bridgehead atoms. The highest BCUT2D eigenvalue weighted by Gasteiger charge is 2.14. The predicted molar refractivity (Wildman–Crippen MR) is 74.9 cm³/mol. The molecule has 0 radical (unpaired) electrons. The molecule has 0 saturated carbocycles. The van der Waals surface area contributed by atoms with Crippen molar-refractivity contribution in [2.75, 3.05) is 5.32 Å². The van der Waals surface area contributed by atoms with Crippen LogP contribution in [0.2, 0.25) is 0 Å². The van der Waals surface area contributed by atoms with Gasteiger partial charge < -0.3 is 15.6 Å². The molecule has 0 aliphatic carbocycles. The van der Waals surface area contributed by atoms with Gasteiger partial charge >= 0.3 is 6.03 Å². The summed E-state index contributed by atoms with van der Waals surface area (Å²) in [6, 6.07) is 7.66. The van der Waals surface area contributed by atoms with Crippen molar-refractivity contribution < 1.29 is 4.79 Å². The molecule has 96 valence electrons. The van der Waals surface area contributed by atoms with Crippen molar-refractivity contribution in [1.82, 2.24) is 10.3 Å². The third-order valence-electron chi connectivity index (χ3n) is 2.54. The van der Waals surface area contributed by atoms with E-state index in [-0.39, 0.29) is 11.6 Å². The van der Waals surface area contributed by atoms with Crippen LogP contribution < -0.4 is 10.6 Å². The number of hydrogen-bond acceptors (Lipinski definition) is 1. The lowest BCUT2D eigenvalue weighted by atomic mass is 10.1. The first-order chi connectivity index (χ1) is 8.35. The fourth-order valence-electron chi connectivity index (χ4n) is 1.90. The van der Waals surface area contributed by atoms with Crippen LogP contribution in [-0.4, -0.2) is 16.6 Å². The number of rotatable bonds is 1. The van der Waals surface area contributed by atoms with Crippen LogP contribution in [0, 0.1) is 6.92 Å². The number of carbonyl (C=O) groups excluding carboxylic acids is 1. The van der Waals surface area contributed by atoms with E-state index in [1.54, 1.807) is 0 Å². The molecule has 4 nitrogen and oxygen atoms in total. The van der Waals surface area contributed by atoms with Crippen molar-refractivity contribution in [3.63, 3.8) is 0 Å². The van der Waals surface area contributed by atoms with Gasteiger partial charge in [0.05, 0.1) is 5.69 Å². The topological polar surface area (TPSA) is 56.9 Å². The summed E-state index contributed by atoms with van der Waals surface area (Å²) in [7, 11) is 0. The monoisotopic (exact) mass is 245 g/mol. The Morgan fingerprint density at radius 3 is 2.67 bits per heavy atom. The van der Waals surface area contributed by atoms with Gasteiger partial charge in [-0.15, -0.1) is 0 Å². The van der Waals surface area contributed by atoms with E-state index in [1.165, 1.54) is 0 Å². The molecule has 3 N–H and O–H groups in total. The van der Waals surface area contributed by atoms with E-state index in [1.807, 2.05) is 52.0 Å². The molecule has 18 heavy (non-hydrogen) atoms. The first-order valence-corrected chi connectivity index (χ1v) is 6.03. The minimum Gasteiger partial charge on any atom is -0.359 e. The SMILES string of the molecule is Cc1cc2c(NC(=O)NC(C)(C)C)cccc2[nH]1. The quantitative estimate of drug-likeness (QED) is 0.708. The van der Waals surface area contributed by atoms with Crippen molar-refractivity contribution in [2.45, 2.75) is 33.2 Å². The van der Waals surface area contributed by atoms with E-state index in [2.05, 4.69) is 15.6 Å². The minimum atomic E-state index is -0.244. The molecule has 1 aromatic carbocycles. The lowest BCUT2D eigenvalue weighted by Crippen LogP contribution is -2.43. The molecule has 0 unspecified atom stereocenters. The van der Waals surface area contributed by atoms with Crippen LogP contribution in [-0.2, 0) is 0 Å². The van der Waals surface area contributed by atoms with Crippen molar-refractivity contribution in [3.8, 4) is 0 Å². The Morgan fingerprint density at radius 2 is 2.00 bits per heavy atom. The number of aryl methyl sites for hydroxylation is 1. The molecule has 2 aromatic rings. The van der Waals surface area contributed by atoms with E-state index in [0.29, 0.717) is 0 Å². The molecule has 1 heterocycles. The van der Waals surface area contributed by atoms with Gasteiger partial charge in [-0.25, -0.2) is 4.79 Å². The van der Waals surface area contributed by atoms with Crippen molar-refractivity contribution in [3.05, 3.63) is 30.0 Å². The summed E-state index contributed by atoms with van der Waals surface area (Å²) in [5.74, 6) is 0. The van der Waals surface area contributed by atoms with Crippen LogP contribution in [0.25, 0.3) is 10.9 Å². The van der Waals surface area contributed by atoms with E-state index in [9.17, 15) is 4.79 Å². The van der Waals surface area contributed by atoms with Crippen LogP contribution in [0.15, 0.2) is 24.3 Å². The van der Waals surface area contributed by atoms with Gasteiger partial charge in [-0.05, 0) is 45.9 Å². The molecule has 0 aliphatic heterocycles. The molecule has 0 atom stereocenters. The van der Waals surface area contributed by atoms with Gasteiger partial charge in [-0.1, -0.05) is 6.07 Å². The number of fused-ring (bicyclic) bond motifs is 1. The van der Waals surface area contributed by atoms with Gasteiger partial charge in [-0.3, -0.25) is 0 Å². The van der Waals surface area contributed by atoms with E-state index < -0.39 is 0 Å². The van der Waals surface area contributed by atoms with Crippen LogP contribution in [0.1, 0.15) is 26.5 Å². The Kier molecular flexibility index (Phi) is 3.03. The Hall–Kier alpha value is -1.97. The van der Waals surface area contributed by atoms with Crippen LogP contribution >= 0.6 is 0 Å². The predicted octanol–water partition coefficient (Wildman–Crippen LogP) is 3.40. The van der Waals surface area contributed by atoms with Crippen molar-refractivity contribution in [1.29, 1.82) is 0 Å². The van der Waals surface area contributed by atoms with Gasteiger partial charge in [0.25, 0.3) is 0 Å². The summed E-state index contributed by atoms with van der Waals surface area (Å²) >= 11 is 0. The first-order valence-electron chi connectivity index (χ1n) is 6.03. The molecule has 4 heteroatoms. The standard InChI is InChI=1S/C14H19N3O/c1-9-8-10-11(15-9)6-5-7-12(10)16-13(18)17-14(2,3)4/h5-8,15H,1-4H3,(H2,16,17,18). The smallest absolute Gasteiger partial charge is 0.319 e. The zero-order valence-electron chi connectivity index (χ0n) is 11.2. The lowest BCUT2D eigenvalue weighted by Gasteiger charge is -2.20. The average Bonchev–Trinajstić information content (AvgIpc) is 2.56. The van der Waals surface area contributed by atoms with E-state index in [0.717, 1.165) is 22.3 Å². The second-order valence-electron chi connectivity index (χ2n) is 5.55. The maximum absolute atomic E-state index is 11.8. The summed E-state index contributed by atoms with van der Waals surface area (Å²) in [6.07, 6.45) is 0. The zero-order valence-corrected chi connectivity index (χ0v) is 11.2. The Bertz CT molecular complexity index is 578. The van der Waals surface area contributed by atoms with Gasteiger partial charge in [-0.2, -0.15) is 0 Å². The van der Waals surface area contributed by atoms with E-state index in [4.69, 9.17) is 0 Å². The summed E-state index contributed by atoms with van der Waals surface area (Å²) in [5, 5.41) is 6.79. The van der Waals surface area contributed by atoms with Crippen LogP contribution in [0.4, 0.5) is 10.5 Å². The molecule has 1 aromatic heterocycles. The highest BCUT2D eigenvalue weighted by Crippen LogP contribution is 2.23. The Labute approximate surface area is 107 Å². The van der Waals surface area contributed by atoms with Gasteiger partial charge in [0, 0.05) is 22.1 Å². The number of carbonyl (C=O) groups is 1. The minimum absolute atomic E-state index is 0.186. The first kappa shape index (κ1) is 12.5. The maximum Gasteiger partial charge on any atom is 0.319 e. The molecule has 2 rings (SSSR count). The van der Waals surface area contributed by atoms with E-state index >= 15 is 0 Å². The number of benzene rings is 1. The third kappa shape index (κ3) is 2.83. The lowest BCUT2D eigenvalue weighted by molar-refractivity contribution is 0.244. The number of urea groups is 1. The second kappa shape index (κ2) is 4.37. The van der Waals surface area contributed by atoms with Crippen molar-refractivity contribution >= 4 is 22.6 Å². The number of amides is 2. The normalized spacial score (nSPS) is 11.6. The largest absolute Gasteiger partial charge is 0.359 e. The Balaban J connectivity index is 2.24. The summed E-state index contributed by atoms with van der Waals surface area (Å²) < 4.78 is 0. The molecular formula is C14H19N3O. The number of aromatic amines is 1. The average molecular weight is 245 g/mol. The number of aromatic nitrogens is 1. The van der Waals surface area contributed by atoms with Crippen LogP contribution in [0.5, 0.6) is 0 Å². The number of hydrogen-bond donors (Lipinski definition) is 3. The number of H-pyrrole nitrogens is 1. The summed E-state index contributed by atoms with van der Waals surface area (Å²) in [6.45, 7) is 7.85. The molecule has 2 amide bonds. The number of anilines is 1. The highest BCUT2D eigenvalue weighted by molar-refractivity contribution is 6.01. The molecule has 0 spiro atoms. The third-order valence-corrected chi connectivity index (χ3v) is 2.54. The Morgan fingerprint density at radius 1 is 1.28 bits per heavy atom. The molecule has 0 aliphatic rings. The second-order valence-corrected chi connectivity index (χ2v) is 5.55.